The summed E-state index contributed by atoms with van der Waals surface area (Å²) in [5.41, 5.74) is 8.67. The van der Waals surface area contributed by atoms with E-state index in [2.05, 4.69) is 15.3 Å². The van der Waals surface area contributed by atoms with Crippen molar-refractivity contribution in [1.82, 2.24) is 20.0 Å². The third-order valence-corrected chi connectivity index (χ3v) is 3.94. The van der Waals surface area contributed by atoms with E-state index in [1.807, 2.05) is 66.9 Å². The molecule has 0 fully saturated rings. The Bertz CT molecular complexity index is 1040. The first kappa shape index (κ1) is 15.0. The Kier molecular flexibility index (Phi) is 3.70. The summed E-state index contributed by atoms with van der Waals surface area (Å²) < 4.78 is 1.66. The molecule has 2 aromatic carbocycles. The molecule has 122 valence electrons. The minimum absolute atomic E-state index is 0.160. The van der Waals surface area contributed by atoms with Crippen molar-refractivity contribution in [3.8, 4) is 17.1 Å². The Morgan fingerprint density at radius 2 is 1.80 bits per heavy atom. The lowest BCUT2D eigenvalue weighted by atomic mass is 10.1. The summed E-state index contributed by atoms with van der Waals surface area (Å²) in [6.45, 7) is 0. The van der Waals surface area contributed by atoms with Gasteiger partial charge in [0, 0.05) is 17.1 Å². The van der Waals surface area contributed by atoms with Gasteiger partial charge in [-0.2, -0.15) is 5.10 Å². The number of hydrogen-bond donors (Lipinski definition) is 1. The molecule has 25 heavy (non-hydrogen) atoms. The van der Waals surface area contributed by atoms with Gasteiger partial charge >= 0.3 is 0 Å². The monoisotopic (exact) mass is 329 g/mol. The van der Waals surface area contributed by atoms with E-state index in [-0.39, 0.29) is 12.3 Å². The second-order valence-corrected chi connectivity index (χ2v) is 5.71. The van der Waals surface area contributed by atoms with E-state index in [0.717, 1.165) is 27.7 Å². The van der Waals surface area contributed by atoms with Crippen LogP contribution in [0.4, 0.5) is 0 Å². The zero-order valence-corrected chi connectivity index (χ0v) is 13.3. The molecule has 0 aliphatic rings. The predicted molar refractivity (Wildman–Crippen MR) is 95.0 cm³/mol. The first-order valence-electron chi connectivity index (χ1n) is 7.86. The van der Waals surface area contributed by atoms with Crippen LogP contribution in [0, 0.1) is 0 Å². The van der Waals surface area contributed by atoms with Crippen molar-refractivity contribution in [2.75, 3.05) is 0 Å². The number of nitrogens with zero attached hydrogens (tertiary/aromatic N) is 4. The molecule has 0 saturated carbocycles. The molecular formula is C19H15N5O. The Balaban J connectivity index is 1.71. The normalized spacial score (nSPS) is 10.9. The minimum Gasteiger partial charge on any atom is -0.369 e. The highest BCUT2D eigenvalue weighted by atomic mass is 16.1. The van der Waals surface area contributed by atoms with Crippen LogP contribution in [0.25, 0.3) is 28.0 Å². The zero-order chi connectivity index (χ0) is 17.2. The molecular weight excluding hydrogens is 314 g/mol. The molecule has 2 N–H and O–H groups in total. The molecule has 0 saturated heterocycles. The van der Waals surface area contributed by atoms with Gasteiger partial charge in [-0.1, -0.05) is 48.5 Å². The lowest BCUT2D eigenvalue weighted by molar-refractivity contribution is -0.117. The number of rotatable bonds is 4. The number of amides is 1. The van der Waals surface area contributed by atoms with E-state index >= 15 is 0 Å². The number of hydrogen-bond acceptors (Lipinski definition) is 4. The fraction of sp³-hybridized carbons (Fsp3) is 0.0526. The molecule has 0 spiro atoms. The van der Waals surface area contributed by atoms with Crippen LogP contribution in [0.5, 0.6) is 0 Å². The molecule has 0 aliphatic heterocycles. The molecule has 0 radical (unpaired) electrons. The van der Waals surface area contributed by atoms with E-state index in [0.29, 0.717) is 5.82 Å². The van der Waals surface area contributed by atoms with Crippen LogP contribution in [-0.4, -0.2) is 25.9 Å². The maximum Gasteiger partial charge on any atom is 0.221 e. The van der Waals surface area contributed by atoms with Gasteiger partial charge < -0.3 is 5.73 Å². The molecule has 0 atom stereocenters. The highest BCUT2D eigenvalue weighted by Gasteiger charge is 2.10. The number of benzene rings is 2. The van der Waals surface area contributed by atoms with Gasteiger partial charge in [-0.05, 0) is 17.7 Å². The zero-order valence-electron chi connectivity index (χ0n) is 13.3. The van der Waals surface area contributed by atoms with E-state index in [1.165, 1.54) is 0 Å². The lowest BCUT2D eigenvalue weighted by Crippen LogP contribution is -2.13. The van der Waals surface area contributed by atoms with Gasteiger partial charge in [-0.3, -0.25) is 4.79 Å². The molecule has 1 amide bonds. The summed E-state index contributed by atoms with van der Waals surface area (Å²) in [4.78, 5) is 11.2. The summed E-state index contributed by atoms with van der Waals surface area (Å²) in [5.74, 6) is 0.231. The van der Waals surface area contributed by atoms with E-state index < -0.39 is 0 Å². The van der Waals surface area contributed by atoms with Gasteiger partial charge in [0.15, 0.2) is 5.82 Å². The predicted octanol–water partition coefficient (Wildman–Crippen LogP) is 2.51. The number of fused-ring (bicyclic) bond motifs is 1. The SMILES string of the molecule is NC(=O)Cc1cccc2cn(-c3ccc(-c4ccccc4)nn3)nc12. The average molecular weight is 329 g/mol. The first-order valence-corrected chi connectivity index (χ1v) is 7.86. The van der Waals surface area contributed by atoms with Crippen LogP contribution in [0.3, 0.4) is 0 Å². The van der Waals surface area contributed by atoms with E-state index in [1.54, 1.807) is 4.68 Å². The van der Waals surface area contributed by atoms with Crippen molar-refractivity contribution in [2.45, 2.75) is 6.42 Å². The molecule has 2 aromatic heterocycles. The molecule has 6 heteroatoms. The van der Waals surface area contributed by atoms with Crippen LogP contribution < -0.4 is 5.73 Å². The van der Waals surface area contributed by atoms with Crippen molar-refractivity contribution in [3.05, 3.63) is 72.4 Å². The molecule has 4 aromatic rings. The van der Waals surface area contributed by atoms with Crippen molar-refractivity contribution < 1.29 is 4.79 Å². The third-order valence-electron chi connectivity index (χ3n) is 3.94. The Morgan fingerprint density at radius 3 is 2.52 bits per heavy atom. The third kappa shape index (κ3) is 2.97. The fourth-order valence-electron chi connectivity index (χ4n) is 2.76. The summed E-state index contributed by atoms with van der Waals surface area (Å²) in [6, 6.07) is 19.3. The average Bonchev–Trinajstić information content (AvgIpc) is 3.08. The Hall–Kier alpha value is -3.54. The van der Waals surface area contributed by atoms with Crippen molar-refractivity contribution >= 4 is 16.8 Å². The summed E-state index contributed by atoms with van der Waals surface area (Å²) >= 11 is 0. The molecule has 0 unspecified atom stereocenters. The van der Waals surface area contributed by atoms with Gasteiger partial charge in [0.25, 0.3) is 0 Å². The summed E-state index contributed by atoms with van der Waals surface area (Å²) in [5, 5.41) is 14.0. The van der Waals surface area contributed by atoms with Crippen molar-refractivity contribution in [1.29, 1.82) is 0 Å². The van der Waals surface area contributed by atoms with Gasteiger partial charge in [-0.25, -0.2) is 4.68 Å². The molecule has 0 bridgehead atoms. The number of carbonyl (C=O) groups excluding carboxylic acids is 1. The number of carbonyl (C=O) groups is 1. The fourth-order valence-corrected chi connectivity index (χ4v) is 2.76. The van der Waals surface area contributed by atoms with E-state index in [9.17, 15) is 4.79 Å². The molecule has 2 heterocycles. The van der Waals surface area contributed by atoms with E-state index in [4.69, 9.17) is 5.73 Å². The topological polar surface area (TPSA) is 86.7 Å². The summed E-state index contributed by atoms with van der Waals surface area (Å²) in [6.07, 6.45) is 2.03. The minimum atomic E-state index is -0.381. The van der Waals surface area contributed by atoms with Gasteiger partial charge in [0.05, 0.1) is 17.6 Å². The van der Waals surface area contributed by atoms with Crippen LogP contribution in [0.1, 0.15) is 5.56 Å². The lowest BCUT2D eigenvalue weighted by Gasteiger charge is -2.02. The van der Waals surface area contributed by atoms with Gasteiger partial charge in [-0.15, -0.1) is 10.2 Å². The first-order chi connectivity index (χ1) is 12.2. The standard InChI is InChI=1S/C19H15N5O/c20-17(25)11-14-7-4-8-15-12-24(23-19(14)15)18-10-9-16(21-22-18)13-5-2-1-3-6-13/h1-10,12H,11H2,(H2,20,25). The molecule has 0 aliphatic carbocycles. The van der Waals surface area contributed by atoms with Crippen LogP contribution in [0.15, 0.2) is 66.9 Å². The molecule has 6 nitrogen and oxygen atoms in total. The smallest absolute Gasteiger partial charge is 0.221 e. The highest BCUT2D eigenvalue weighted by molar-refractivity contribution is 5.87. The quantitative estimate of drug-likeness (QED) is 0.623. The second kappa shape index (κ2) is 6.16. The largest absolute Gasteiger partial charge is 0.369 e. The number of aromatic nitrogens is 4. The van der Waals surface area contributed by atoms with Gasteiger partial charge in [0.1, 0.15) is 0 Å². The van der Waals surface area contributed by atoms with Gasteiger partial charge in [0.2, 0.25) is 5.91 Å². The number of nitrogens with two attached hydrogens (primary N) is 1. The summed E-state index contributed by atoms with van der Waals surface area (Å²) in [7, 11) is 0. The molecule has 4 rings (SSSR count). The maximum absolute atomic E-state index is 11.2. The van der Waals surface area contributed by atoms with Crippen molar-refractivity contribution in [2.24, 2.45) is 5.73 Å². The highest BCUT2D eigenvalue weighted by Crippen LogP contribution is 2.20. The number of primary amides is 1. The second-order valence-electron chi connectivity index (χ2n) is 5.71. The van der Waals surface area contributed by atoms with Crippen LogP contribution in [0.2, 0.25) is 0 Å². The Labute approximate surface area is 143 Å². The maximum atomic E-state index is 11.2. The van der Waals surface area contributed by atoms with Crippen LogP contribution >= 0.6 is 0 Å². The van der Waals surface area contributed by atoms with Crippen molar-refractivity contribution in [3.63, 3.8) is 0 Å². The van der Waals surface area contributed by atoms with Crippen LogP contribution in [-0.2, 0) is 11.2 Å². The Morgan fingerprint density at radius 1 is 0.960 bits per heavy atom.